The van der Waals surface area contributed by atoms with Gasteiger partial charge in [-0.1, -0.05) is 12.8 Å². The molecule has 1 amide bonds. The van der Waals surface area contributed by atoms with Crippen molar-refractivity contribution in [3.05, 3.63) is 18.1 Å². The number of carbonyl (C=O) groups excluding carboxylic acids is 1. The van der Waals surface area contributed by atoms with Crippen LogP contribution in [0.1, 0.15) is 36.2 Å². The molecule has 1 aliphatic heterocycles. The number of anilines is 1. The topological polar surface area (TPSA) is 75.4 Å². The number of primary amides is 1. The van der Waals surface area contributed by atoms with E-state index in [0.717, 1.165) is 37.9 Å². The summed E-state index contributed by atoms with van der Waals surface area (Å²) < 4.78 is 0. The molecule has 0 unspecified atom stereocenters. The molecule has 1 aromatic heterocycles. The Morgan fingerprint density at radius 2 is 1.90 bits per heavy atom. The van der Waals surface area contributed by atoms with Crippen LogP contribution in [0.4, 0.5) is 5.82 Å². The zero-order valence-electron chi connectivity index (χ0n) is 12.4. The summed E-state index contributed by atoms with van der Waals surface area (Å²) in [5.41, 5.74) is 5.49. The largest absolute Gasteiger partial charge is 0.364 e. The minimum atomic E-state index is -0.524. The Labute approximate surface area is 125 Å². The van der Waals surface area contributed by atoms with Crippen molar-refractivity contribution < 1.29 is 4.79 Å². The molecule has 114 valence electrons. The molecule has 6 heteroatoms. The van der Waals surface area contributed by atoms with E-state index in [1.807, 2.05) is 0 Å². The van der Waals surface area contributed by atoms with Gasteiger partial charge < -0.3 is 10.6 Å². The van der Waals surface area contributed by atoms with E-state index in [1.54, 1.807) is 6.20 Å². The van der Waals surface area contributed by atoms with E-state index in [9.17, 15) is 4.79 Å². The highest BCUT2D eigenvalue weighted by molar-refractivity contribution is 5.90. The van der Waals surface area contributed by atoms with Crippen molar-refractivity contribution in [3.8, 4) is 0 Å². The average molecular weight is 289 g/mol. The fourth-order valence-electron chi connectivity index (χ4n) is 3.34. The van der Waals surface area contributed by atoms with Gasteiger partial charge in [-0.05, 0) is 18.8 Å². The Kier molecular flexibility index (Phi) is 4.34. The fourth-order valence-corrected chi connectivity index (χ4v) is 3.34. The highest BCUT2D eigenvalue weighted by Crippen LogP contribution is 2.26. The Hall–Kier alpha value is -1.69. The van der Waals surface area contributed by atoms with E-state index in [-0.39, 0.29) is 5.69 Å². The number of carbonyl (C=O) groups is 1. The minimum Gasteiger partial charge on any atom is -0.364 e. The monoisotopic (exact) mass is 289 g/mol. The van der Waals surface area contributed by atoms with Crippen molar-refractivity contribution in [2.45, 2.75) is 25.7 Å². The number of rotatable bonds is 4. The number of hydrogen-bond donors (Lipinski definition) is 1. The number of nitrogens with zero attached hydrogens (tertiary/aromatic N) is 4. The lowest BCUT2D eigenvalue weighted by atomic mass is 10.1. The molecule has 21 heavy (non-hydrogen) atoms. The maximum Gasteiger partial charge on any atom is 0.268 e. The van der Waals surface area contributed by atoms with Gasteiger partial charge in [0.2, 0.25) is 0 Å². The predicted molar refractivity (Wildman–Crippen MR) is 81.2 cm³/mol. The molecule has 3 rings (SSSR count). The molecule has 1 saturated carbocycles. The molecule has 0 atom stereocenters. The van der Waals surface area contributed by atoms with Gasteiger partial charge in [0.15, 0.2) is 0 Å². The van der Waals surface area contributed by atoms with Gasteiger partial charge in [-0.25, -0.2) is 4.98 Å². The molecule has 0 radical (unpaired) electrons. The Balaban J connectivity index is 1.55. The third-order valence-electron chi connectivity index (χ3n) is 4.56. The molecular weight excluding hydrogens is 266 g/mol. The first-order valence-corrected chi connectivity index (χ1v) is 7.81. The third kappa shape index (κ3) is 3.50. The van der Waals surface area contributed by atoms with Gasteiger partial charge in [-0.2, -0.15) is 0 Å². The van der Waals surface area contributed by atoms with Crippen molar-refractivity contribution in [2.24, 2.45) is 11.7 Å². The smallest absolute Gasteiger partial charge is 0.268 e. The van der Waals surface area contributed by atoms with Crippen LogP contribution >= 0.6 is 0 Å². The van der Waals surface area contributed by atoms with Crippen molar-refractivity contribution in [2.75, 3.05) is 37.6 Å². The summed E-state index contributed by atoms with van der Waals surface area (Å²) in [5, 5.41) is 0. The normalized spacial score (nSPS) is 20.9. The van der Waals surface area contributed by atoms with Crippen LogP contribution in [0.3, 0.4) is 0 Å². The summed E-state index contributed by atoms with van der Waals surface area (Å²) in [6.45, 7) is 5.21. The Morgan fingerprint density at radius 1 is 1.19 bits per heavy atom. The van der Waals surface area contributed by atoms with Crippen LogP contribution in [0, 0.1) is 5.92 Å². The second-order valence-electron chi connectivity index (χ2n) is 6.06. The van der Waals surface area contributed by atoms with Crippen LogP contribution < -0.4 is 10.6 Å². The van der Waals surface area contributed by atoms with Crippen LogP contribution in [-0.2, 0) is 0 Å². The summed E-state index contributed by atoms with van der Waals surface area (Å²) in [4.78, 5) is 24.3. The van der Waals surface area contributed by atoms with E-state index in [4.69, 9.17) is 5.73 Å². The van der Waals surface area contributed by atoms with Crippen LogP contribution in [0.25, 0.3) is 0 Å². The lowest BCUT2D eigenvalue weighted by molar-refractivity contribution is 0.0995. The van der Waals surface area contributed by atoms with Gasteiger partial charge in [0, 0.05) is 32.7 Å². The summed E-state index contributed by atoms with van der Waals surface area (Å²) in [6, 6.07) is 0. The predicted octanol–water partition coefficient (Wildman–Crippen LogP) is 0.888. The van der Waals surface area contributed by atoms with E-state index in [2.05, 4.69) is 19.8 Å². The average Bonchev–Trinajstić information content (AvgIpc) is 3.01. The van der Waals surface area contributed by atoms with Crippen molar-refractivity contribution in [1.29, 1.82) is 0 Å². The van der Waals surface area contributed by atoms with Crippen LogP contribution in [0.2, 0.25) is 0 Å². The molecule has 0 bridgehead atoms. The maximum absolute atomic E-state index is 11.2. The van der Waals surface area contributed by atoms with E-state index in [1.165, 1.54) is 38.4 Å². The highest BCUT2D eigenvalue weighted by atomic mass is 16.1. The lowest BCUT2D eigenvalue weighted by Gasteiger charge is -2.36. The standard InChI is InChI=1S/C15H23N5O/c16-15(21)13-9-17-10-14(18-13)20-7-5-19(6-8-20)11-12-3-1-2-4-12/h9-10,12H,1-8,11H2,(H2,16,21). The van der Waals surface area contributed by atoms with Gasteiger partial charge in [0.25, 0.3) is 5.91 Å². The molecule has 2 N–H and O–H groups in total. The van der Waals surface area contributed by atoms with Crippen LogP contribution in [0.5, 0.6) is 0 Å². The molecular formula is C15H23N5O. The first-order chi connectivity index (χ1) is 10.2. The van der Waals surface area contributed by atoms with E-state index < -0.39 is 5.91 Å². The highest BCUT2D eigenvalue weighted by Gasteiger charge is 2.23. The van der Waals surface area contributed by atoms with Gasteiger partial charge in [-0.15, -0.1) is 0 Å². The Morgan fingerprint density at radius 3 is 2.57 bits per heavy atom. The van der Waals surface area contributed by atoms with Crippen LogP contribution in [-0.4, -0.2) is 53.5 Å². The summed E-state index contributed by atoms with van der Waals surface area (Å²) in [5.74, 6) is 1.13. The molecule has 1 saturated heterocycles. The molecule has 0 spiro atoms. The molecule has 1 aromatic rings. The first-order valence-electron chi connectivity index (χ1n) is 7.81. The second kappa shape index (κ2) is 6.39. The van der Waals surface area contributed by atoms with E-state index >= 15 is 0 Å². The SMILES string of the molecule is NC(=O)c1cncc(N2CCN(CC3CCCC3)CC2)n1. The summed E-state index contributed by atoms with van der Waals surface area (Å²) >= 11 is 0. The van der Waals surface area contributed by atoms with Gasteiger partial charge >= 0.3 is 0 Å². The van der Waals surface area contributed by atoms with Crippen molar-refractivity contribution in [3.63, 3.8) is 0 Å². The van der Waals surface area contributed by atoms with Gasteiger partial charge in [0.05, 0.1) is 12.4 Å². The zero-order chi connectivity index (χ0) is 14.7. The number of nitrogens with two attached hydrogens (primary N) is 1. The summed E-state index contributed by atoms with van der Waals surface area (Å²) in [7, 11) is 0. The molecule has 2 fully saturated rings. The fraction of sp³-hybridized carbons (Fsp3) is 0.667. The van der Waals surface area contributed by atoms with Gasteiger partial charge in [-0.3, -0.25) is 14.7 Å². The van der Waals surface area contributed by atoms with Crippen molar-refractivity contribution in [1.82, 2.24) is 14.9 Å². The molecule has 2 aliphatic rings. The number of amides is 1. The zero-order valence-corrected chi connectivity index (χ0v) is 12.4. The quantitative estimate of drug-likeness (QED) is 0.891. The number of piperazine rings is 1. The maximum atomic E-state index is 11.2. The summed E-state index contributed by atoms with van der Waals surface area (Å²) in [6.07, 6.45) is 8.72. The lowest BCUT2D eigenvalue weighted by Crippen LogP contribution is -2.48. The first kappa shape index (κ1) is 14.3. The molecule has 6 nitrogen and oxygen atoms in total. The minimum absolute atomic E-state index is 0.237. The number of hydrogen-bond acceptors (Lipinski definition) is 5. The Bertz CT molecular complexity index is 493. The third-order valence-corrected chi connectivity index (χ3v) is 4.56. The molecule has 1 aliphatic carbocycles. The number of aromatic nitrogens is 2. The van der Waals surface area contributed by atoms with Gasteiger partial charge in [0.1, 0.15) is 11.5 Å². The molecule has 0 aromatic carbocycles. The van der Waals surface area contributed by atoms with E-state index in [0.29, 0.717) is 0 Å². The van der Waals surface area contributed by atoms with Crippen molar-refractivity contribution >= 4 is 11.7 Å². The van der Waals surface area contributed by atoms with Crippen LogP contribution in [0.15, 0.2) is 12.4 Å². The second-order valence-corrected chi connectivity index (χ2v) is 6.06. The molecule has 2 heterocycles.